The van der Waals surface area contributed by atoms with Gasteiger partial charge in [-0.15, -0.1) is 0 Å². The Balaban J connectivity index is 2.15. The van der Waals surface area contributed by atoms with Gasteiger partial charge in [0.15, 0.2) is 9.84 Å². The van der Waals surface area contributed by atoms with E-state index in [1.54, 1.807) is 13.0 Å². The molecule has 1 saturated carbocycles. The summed E-state index contributed by atoms with van der Waals surface area (Å²) in [6, 6.07) is 10.4. The predicted octanol–water partition coefficient (Wildman–Crippen LogP) is 6.00. The zero-order valence-corrected chi connectivity index (χ0v) is 19.8. The summed E-state index contributed by atoms with van der Waals surface area (Å²) in [6.07, 6.45) is -10.9. The van der Waals surface area contributed by atoms with Gasteiger partial charge in [0.2, 0.25) is 0 Å². The molecule has 2 aromatic carbocycles. The van der Waals surface area contributed by atoms with Crippen LogP contribution in [0, 0.1) is 0 Å². The third-order valence-corrected chi connectivity index (χ3v) is 9.04. The first-order chi connectivity index (χ1) is 16.2. The van der Waals surface area contributed by atoms with Crippen LogP contribution in [-0.2, 0) is 24.9 Å². The topological polar surface area (TPSA) is 69.4 Å². The lowest BCUT2D eigenvalue weighted by Crippen LogP contribution is -2.56. The molecule has 0 spiro atoms. The van der Waals surface area contributed by atoms with Crippen LogP contribution in [0.5, 0.6) is 0 Å². The second kappa shape index (κ2) is 9.74. The molecule has 0 radical (unpaired) electrons. The Bertz CT molecular complexity index is 1090. The number of hydrogen-bond donors (Lipinski definition) is 1. The van der Waals surface area contributed by atoms with E-state index in [-0.39, 0.29) is 29.7 Å². The zero-order chi connectivity index (χ0) is 26.1. The van der Waals surface area contributed by atoms with Gasteiger partial charge >= 0.3 is 12.4 Å². The van der Waals surface area contributed by atoms with Crippen molar-refractivity contribution in [3.63, 3.8) is 0 Å². The Morgan fingerprint density at radius 1 is 0.971 bits per heavy atom. The minimum absolute atomic E-state index is 0.000931. The van der Waals surface area contributed by atoms with Gasteiger partial charge in [0, 0.05) is 18.2 Å². The van der Waals surface area contributed by atoms with Gasteiger partial charge in [0.05, 0.1) is 4.90 Å². The average molecular weight is 524 g/mol. The van der Waals surface area contributed by atoms with E-state index in [1.165, 1.54) is 24.3 Å². The Hall–Kier alpha value is -2.11. The van der Waals surface area contributed by atoms with Crippen LogP contribution in [-0.4, -0.2) is 33.4 Å². The molecule has 3 rings (SSSR count). The average Bonchev–Trinajstić information content (AvgIpc) is 3.19. The molecule has 0 aliphatic heterocycles. The van der Waals surface area contributed by atoms with Crippen molar-refractivity contribution < 1.29 is 39.5 Å². The maximum Gasteiger partial charge on any atom is 0.430 e. The SMILES string of the molecule is CCCCOC(c1ccc(C2(S(=O)(=O)c3ccccc3)CCC(N)C2)cc1)(C(F)(F)F)C(F)(F)F. The van der Waals surface area contributed by atoms with Crippen LogP contribution in [0.15, 0.2) is 59.5 Å². The lowest BCUT2D eigenvalue weighted by molar-refractivity contribution is -0.389. The molecule has 1 aliphatic carbocycles. The summed E-state index contributed by atoms with van der Waals surface area (Å²) < 4.78 is 114. The van der Waals surface area contributed by atoms with Crippen LogP contribution in [0.1, 0.15) is 50.2 Å². The van der Waals surface area contributed by atoms with Gasteiger partial charge in [-0.05, 0) is 43.4 Å². The molecule has 0 bridgehead atoms. The minimum Gasteiger partial charge on any atom is -0.354 e. The molecular weight excluding hydrogens is 496 g/mol. The first kappa shape index (κ1) is 27.5. The monoisotopic (exact) mass is 523 g/mol. The third-order valence-electron chi connectivity index (χ3n) is 6.51. The molecule has 35 heavy (non-hydrogen) atoms. The standard InChI is InChI=1S/C24H27F6NO3S/c1-2-3-15-34-22(23(25,26)27,24(28,29)30)18-11-9-17(10-12-18)21(14-13-19(31)16-21)35(32,33)20-7-5-4-6-8-20/h4-12,19H,2-3,13-16,31H2,1H3. The number of hydrogen-bond acceptors (Lipinski definition) is 4. The molecule has 1 aliphatic rings. The maximum absolute atomic E-state index is 14.0. The number of unbranched alkanes of at least 4 members (excludes halogenated alkanes) is 1. The van der Waals surface area contributed by atoms with Crippen LogP contribution in [0.4, 0.5) is 26.3 Å². The van der Waals surface area contributed by atoms with Crippen LogP contribution in [0.2, 0.25) is 0 Å². The smallest absolute Gasteiger partial charge is 0.354 e. The van der Waals surface area contributed by atoms with Gasteiger partial charge in [-0.25, -0.2) is 8.42 Å². The molecule has 2 N–H and O–H groups in total. The molecule has 11 heteroatoms. The molecule has 2 atom stereocenters. The molecule has 2 unspecified atom stereocenters. The van der Waals surface area contributed by atoms with E-state index < -0.39 is 50.8 Å². The highest BCUT2D eigenvalue weighted by Crippen LogP contribution is 2.54. The summed E-state index contributed by atoms with van der Waals surface area (Å²) in [5.41, 5.74) is 0.413. The third kappa shape index (κ3) is 4.70. The van der Waals surface area contributed by atoms with Gasteiger partial charge in [-0.1, -0.05) is 55.8 Å². The molecule has 1 fully saturated rings. The van der Waals surface area contributed by atoms with E-state index in [9.17, 15) is 34.8 Å². The largest absolute Gasteiger partial charge is 0.430 e. The van der Waals surface area contributed by atoms with Crippen molar-refractivity contribution in [1.82, 2.24) is 0 Å². The van der Waals surface area contributed by atoms with E-state index in [2.05, 4.69) is 4.74 Å². The van der Waals surface area contributed by atoms with E-state index >= 15 is 0 Å². The highest BCUT2D eigenvalue weighted by Gasteiger charge is 2.73. The van der Waals surface area contributed by atoms with Crippen molar-refractivity contribution >= 4 is 9.84 Å². The van der Waals surface area contributed by atoms with Gasteiger partial charge in [0.1, 0.15) is 4.75 Å². The first-order valence-corrected chi connectivity index (χ1v) is 12.6. The Kier molecular flexibility index (Phi) is 7.65. The van der Waals surface area contributed by atoms with Crippen molar-refractivity contribution in [2.24, 2.45) is 5.73 Å². The molecule has 0 aromatic heterocycles. The van der Waals surface area contributed by atoms with Gasteiger partial charge in [0.25, 0.3) is 5.60 Å². The maximum atomic E-state index is 14.0. The number of alkyl halides is 6. The number of rotatable bonds is 8. The first-order valence-electron chi connectivity index (χ1n) is 11.2. The molecular formula is C24H27F6NO3S. The normalized spacial score (nSPS) is 21.9. The second-order valence-electron chi connectivity index (χ2n) is 8.77. The van der Waals surface area contributed by atoms with Crippen LogP contribution >= 0.6 is 0 Å². The minimum atomic E-state index is -5.80. The van der Waals surface area contributed by atoms with Gasteiger partial charge in [-0.2, -0.15) is 26.3 Å². The number of sulfone groups is 1. The zero-order valence-electron chi connectivity index (χ0n) is 19.0. The summed E-state index contributed by atoms with van der Waals surface area (Å²) >= 11 is 0. The lowest BCUT2D eigenvalue weighted by Gasteiger charge is -2.38. The van der Waals surface area contributed by atoms with E-state index in [0.29, 0.717) is 25.0 Å². The van der Waals surface area contributed by atoms with E-state index in [1.807, 2.05) is 0 Å². The van der Waals surface area contributed by atoms with Crippen molar-refractivity contribution in [2.45, 2.75) is 72.7 Å². The molecule has 0 heterocycles. The van der Waals surface area contributed by atoms with Crippen molar-refractivity contribution in [3.8, 4) is 0 Å². The van der Waals surface area contributed by atoms with E-state index in [0.717, 1.165) is 12.1 Å². The summed E-state index contributed by atoms with van der Waals surface area (Å²) in [5, 5.41) is 0. The summed E-state index contributed by atoms with van der Waals surface area (Å²) in [6.45, 7) is 0.860. The summed E-state index contributed by atoms with van der Waals surface area (Å²) in [4.78, 5) is 0.000931. The van der Waals surface area contributed by atoms with Gasteiger partial charge in [-0.3, -0.25) is 0 Å². The highest BCUT2D eigenvalue weighted by molar-refractivity contribution is 7.92. The molecule has 4 nitrogen and oxygen atoms in total. The predicted molar refractivity (Wildman–Crippen MR) is 118 cm³/mol. The molecule has 194 valence electrons. The number of benzene rings is 2. The van der Waals surface area contributed by atoms with E-state index in [4.69, 9.17) is 5.73 Å². The fourth-order valence-corrected chi connectivity index (χ4v) is 6.88. The summed E-state index contributed by atoms with van der Waals surface area (Å²) in [7, 11) is -4.06. The molecule has 2 aromatic rings. The number of halogens is 6. The van der Waals surface area contributed by atoms with Crippen LogP contribution in [0.25, 0.3) is 0 Å². The fourth-order valence-electron chi connectivity index (χ4n) is 4.65. The Labute approximate surface area is 200 Å². The fraction of sp³-hybridized carbons (Fsp3) is 0.500. The summed E-state index contributed by atoms with van der Waals surface area (Å²) in [5.74, 6) is 0. The van der Waals surface area contributed by atoms with Crippen LogP contribution < -0.4 is 5.73 Å². The highest BCUT2D eigenvalue weighted by atomic mass is 32.2. The van der Waals surface area contributed by atoms with Crippen molar-refractivity contribution in [2.75, 3.05) is 6.61 Å². The molecule has 0 saturated heterocycles. The lowest BCUT2D eigenvalue weighted by atomic mass is 9.88. The van der Waals surface area contributed by atoms with Crippen molar-refractivity contribution in [1.29, 1.82) is 0 Å². The quantitative estimate of drug-likeness (QED) is 0.340. The van der Waals surface area contributed by atoms with Gasteiger partial charge < -0.3 is 10.5 Å². The Morgan fingerprint density at radius 2 is 1.54 bits per heavy atom. The van der Waals surface area contributed by atoms with Crippen LogP contribution in [0.3, 0.4) is 0 Å². The second-order valence-corrected chi connectivity index (χ2v) is 11.0. The number of nitrogens with two attached hydrogens (primary N) is 1. The van der Waals surface area contributed by atoms with Crippen molar-refractivity contribution in [3.05, 3.63) is 65.7 Å². The Morgan fingerprint density at radius 3 is 2.00 bits per heavy atom. The number of ether oxygens (including phenoxy) is 1. The molecule has 0 amide bonds.